The lowest BCUT2D eigenvalue weighted by molar-refractivity contribution is -0.216. The summed E-state index contributed by atoms with van der Waals surface area (Å²) in [7, 11) is 0. The lowest BCUT2D eigenvalue weighted by Gasteiger charge is -2.33. The predicted molar refractivity (Wildman–Crippen MR) is 95.5 cm³/mol. The summed E-state index contributed by atoms with van der Waals surface area (Å²) in [6.45, 7) is 12.0. The number of rotatable bonds is 5. The zero-order chi connectivity index (χ0) is 17.0. The van der Waals surface area contributed by atoms with E-state index >= 15 is 0 Å². The van der Waals surface area contributed by atoms with Gasteiger partial charge in [0.2, 0.25) is 0 Å². The second kappa shape index (κ2) is 8.13. The molecular weight excluding hydrogens is 314 g/mol. The highest BCUT2D eigenvalue weighted by molar-refractivity contribution is 5.85. The Morgan fingerprint density at radius 3 is 2.04 bits per heavy atom. The Labute approximate surface area is 146 Å². The minimum atomic E-state index is -1.67. The molecule has 0 spiro atoms. The number of halogens is 1. The second-order valence-electron chi connectivity index (χ2n) is 7.97. The molecule has 1 rings (SSSR count). The summed E-state index contributed by atoms with van der Waals surface area (Å²) in [6.07, 6.45) is 0.248. The van der Waals surface area contributed by atoms with E-state index in [0.29, 0.717) is 5.56 Å². The van der Waals surface area contributed by atoms with Crippen molar-refractivity contribution in [3.63, 3.8) is 0 Å². The van der Waals surface area contributed by atoms with Gasteiger partial charge >= 0.3 is 5.97 Å². The molecule has 0 saturated heterocycles. The molecular formula is C18H30ClNO3. The normalized spacial score (nSPS) is 14.6. The van der Waals surface area contributed by atoms with Crippen LogP contribution in [0.25, 0.3) is 0 Å². The lowest BCUT2D eigenvalue weighted by atomic mass is 9.92. The van der Waals surface area contributed by atoms with Gasteiger partial charge in [-0.1, -0.05) is 51.1 Å². The topological polar surface area (TPSA) is 58.6 Å². The average Bonchev–Trinajstić information content (AvgIpc) is 2.34. The fourth-order valence-electron chi connectivity index (χ4n) is 1.94. The van der Waals surface area contributed by atoms with E-state index in [-0.39, 0.29) is 36.3 Å². The summed E-state index contributed by atoms with van der Waals surface area (Å²) in [5.74, 6) is -2.08. The average molecular weight is 344 g/mol. The summed E-state index contributed by atoms with van der Waals surface area (Å²) in [5.41, 5.74) is 0.180. The SMILES string of the molecule is CC(C)(C)CC(=O)OC(O)(CNC(C)(C)C)c1ccccc1.Cl. The maximum Gasteiger partial charge on any atom is 0.309 e. The molecule has 5 heteroatoms. The fourth-order valence-corrected chi connectivity index (χ4v) is 1.94. The van der Waals surface area contributed by atoms with E-state index in [2.05, 4.69) is 5.32 Å². The van der Waals surface area contributed by atoms with Crippen LogP contribution in [0.3, 0.4) is 0 Å². The molecule has 0 saturated carbocycles. The standard InChI is InChI=1S/C18H29NO3.ClH/c1-16(2,3)12-15(20)22-18(21,13-19-17(4,5)6)14-10-8-7-9-11-14;/h7-11,19,21H,12-13H2,1-6H3;1H. The van der Waals surface area contributed by atoms with Crippen molar-refractivity contribution >= 4 is 18.4 Å². The fraction of sp³-hybridized carbons (Fsp3) is 0.611. The van der Waals surface area contributed by atoms with Crippen LogP contribution in [0.1, 0.15) is 53.5 Å². The van der Waals surface area contributed by atoms with Crippen LogP contribution in [0.5, 0.6) is 0 Å². The largest absolute Gasteiger partial charge is 0.427 e. The molecule has 1 aromatic carbocycles. The van der Waals surface area contributed by atoms with Crippen LogP contribution in [0.4, 0.5) is 0 Å². The van der Waals surface area contributed by atoms with Gasteiger partial charge in [-0.3, -0.25) is 4.79 Å². The monoisotopic (exact) mass is 343 g/mol. The first-order valence-electron chi connectivity index (χ1n) is 7.66. The highest BCUT2D eigenvalue weighted by atomic mass is 35.5. The first-order valence-corrected chi connectivity index (χ1v) is 7.66. The Morgan fingerprint density at radius 2 is 1.61 bits per heavy atom. The molecule has 0 aliphatic heterocycles. The minimum Gasteiger partial charge on any atom is -0.427 e. The molecule has 23 heavy (non-hydrogen) atoms. The first kappa shape index (κ1) is 21.9. The predicted octanol–water partition coefficient (Wildman–Crippen LogP) is 3.62. The number of ether oxygens (including phenoxy) is 1. The van der Waals surface area contributed by atoms with E-state index in [1.165, 1.54) is 0 Å². The zero-order valence-corrected chi connectivity index (χ0v) is 15.8. The van der Waals surface area contributed by atoms with E-state index in [9.17, 15) is 9.90 Å². The third-order valence-corrected chi connectivity index (χ3v) is 3.04. The van der Waals surface area contributed by atoms with Gasteiger partial charge in [0.1, 0.15) is 0 Å². The highest BCUT2D eigenvalue weighted by Crippen LogP contribution is 2.26. The van der Waals surface area contributed by atoms with Gasteiger partial charge in [0.15, 0.2) is 0 Å². The molecule has 0 aliphatic carbocycles. The van der Waals surface area contributed by atoms with Gasteiger partial charge in [-0.2, -0.15) is 0 Å². The van der Waals surface area contributed by atoms with Crippen molar-refractivity contribution in [3.05, 3.63) is 35.9 Å². The van der Waals surface area contributed by atoms with Crippen molar-refractivity contribution in [1.29, 1.82) is 0 Å². The molecule has 0 bridgehead atoms. The number of benzene rings is 1. The lowest BCUT2D eigenvalue weighted by Crippen LogP contribution is -2.48. The number of hydrogen-bond acceptors (Lipinski definition) is 4. The van der Waals surface area contributed by atoms with E-state index in [4.69, 9.17) is 4.74 Å². The maximum absolute atomic E-state index is 12.2. The molecule has 0 fully saturated rings. The minimum absolute atomic E-state index is 0. The number of hydrogen-bond donors (Lipinski definition) is 2. The van der Waals surface area contributed by atoms with Crippen LogP contribution in [-0.4, -0.2) is 23.2 Å². The van der Waals surface area contributed by atoms with Gasteiger partial charge in [-0.15, -0.1) is 12.4 Å². The van der Waals surface area contributed by atoms with Gasteiger partial charge in [0, 0.05) is 11.1 Å². The molecule has 132 valence electrons. The zero-order valence-electron chi connectivity index (χ0n) is 15.0. The molecule has 0 radical (unpaired) electrons. The molecule has 1 aromatic rings. The third-order valence-electron chi connectivity index (χ3n) is 3.04. The second-order valence-corrected chi connectivity index (χ2v) is 7.97. The molecule has 2 N–H and O–H groups in total. The number of esters is 1. The highest BCUT2D eigenvalue weighted by Gasteiger charge is 2.35. The van der Waals surface area contributed by atoms with Crippen LogP contribution in [-0.2, 0) is 15.3 Å². The van der Waals surface area contributed by atoms with Crippen molar-refractivity contribution in [3.8, 4) is 0 Å². The van der Waals surface area contributed by atoms with Crippen molar-refractivity contribution in [2.45, 2.75) is 59.3 Å². The Kier molecular flexibility index (Phi) is 7.74. The molecule has 1 unspecified atom stereocenters. The Hall–Kier alpha value is -1.10. The van der Waals surface area contributed by atoms with Gasteiger partial charge in [0.25, 0.3) is 5.79 Å². The van der Waals surface area contributed by atoms with E-state index < -0.39 is 11.8 Å². The van der Waals surface area contributed by atoms with Gasteiger partial charge in [0.05, 0.1) is 13.0 Å². The summed E-state index contributed by atoms with van der Waals surface area (Å²) in [6, 6.07) is 9.01. The van der Waals surface area contributed by atoms with E-state index in [1.54, 1.807) is 12.1 Å². The van der Waals surface area contributed by atoms with E-state index in [1.807, 2.05) is 59.7 Å². The molecule has 0 heterocycles. The Morgan fingerprint density at radius 1 is 1.09 bits per heavy atom. The quantitative estimate of drug-likeness (QED) is 0.633. The maximum atomic E-state index is 12.2. The van der Waals surface area contributed by atoms with E-state index in [0.717, 1.165) is 0 Å². The summed E-state index contributed by atoms with van der Waals surface area (Å²) < 4.78 is 5.45. The van der Waals surface area contributed by atoms with Crippen molar-refractivity contribution in [2.75, 3.05) is 6.54 Å². The first-order chi connectivity index (χ1) is 9.91. The van der Waals surface area contributed by atoms with Crippen LogP contribution in [0.15, 0.2) is 30.3 Å². The molecule has 4 nitrogen and oxygen atoms in total. The van der Waals surface area contributed by atoms with Crippen LogP contribution in [0.2, 0.25) is 0 Å². The summed E-state index contributed by atoms with van der Waals surface area (Å²) in [5, 5.41) is 14.1. The van der Waals surface area contributed by atoms with Crippen LogP contribution < -0.4 is 5.32 Å². The Balaban J connectivity index is 0.00000484. The summed E-state index contributed by atoms with van der Waals surface area (Å²) >= 11 is 0. The number of carbonyl (C=O) groups excluding carboxylic acids is 1. The number of nitrogens with one attached hydrogen (secondary N) is 1. The molecule has 0 aromatic heterocycles. The van der Waals surface area contributed by atoms with Crippen LogP contribution >= 0.6 is 12.4 Å². The Bertz CT molecular complexity index is 491. The van der Waals surface area contributed by atoms with Crippen molar-refractivity contribution in [1.82, 2.24) is 5.32 Å². The molecule has 0 amide bonds. The number of carbonyl (C=O) groups is 1. The smallest absolute Gasteiger partial charge is 0.309 e. The van der Waals surface area contributed by atoms with Gasteiger partial charge < -0.3 is 15.2 Å². The van der Waals surface area contributed by atoms with Crippen molar-refractivity contribution < 1.29 is 14.6 Å². The van der Waals surface area contributed by atoms with Gasteiger partial charge in [-0.25, -0.2) is 0 Å². The third kappa shape index (κ3) is 8.35. The van der Waals surface area contributed by atoms with Crippen molar-refractivity contribution in [2.24, 2.45) is 5.41 Å². The molecule has 0 aliphatic rings. The van der Waals surface area contributed by atoms with Crippen LogP contribution in [0, 0.1) is 5.41 Å². The van der Waals surface area contributed by atoms with Gasteiger partial charge in [-0.05, 0) is 26.2 Å². The number of β-amino-alcohol motifs (C(OH)–C–C–N with tert-alkyl or cyclic N) is 1. The number of aliphatic hydroxyl groups is 1. The summed E-state index contributed by atoms with van der Waals surface area (Å²) in [4.78, 5) is 12.2. The molecule has 1 atom stereocenters.